The van der Waals surface area contributed by atoms with E-state index in [9.17, 15) is 4.39 Å². The first-order valence-electron chi connectivity index (χ1n) is 4.39. The number of ether oxygens (including phenoxy) is 1. The average molecular weight is 258 g/mol. The van der Waals surface area contributed by atoms with E-state index < -0.39 is 5.95 Å². The molecule has 5 heteroatoms. The van der Waals surface area contributed by atoms with Gasteiger partial charge >= 0.3 is 0 Å². The Balaban J connectivity index is 2.30. The molecule has 0 aliphatic rings. The van der Waals surface area contributed by atoms with Crippen LogP contribution >= 0.6 is 23.2 Å². The third-order valence-corrected chi connectivity index (χ3v) is 2.37. The van der Waals surface area contributed by atoms with Crippen molar-refractivity contribution in [2.24, 2.45) is 0 Å². The fourth-order valence-corrected chi connectivity index (χ4v) is 1.45. The molecule has 0 saturated carbocycles. The van der Waals surface area contributed by atoms with Gasteiger partial charge in [-0.05, 0) is 18.2 Å². The maximum atomic E-state index is 12.8. The summed E-state index contributed by atoms with van der Waals surface area (Å²) in [6, 6.07) is 7.50. The van der Waals surface area contributed by atoms with E-state index in [-0.39, 0.29) is 0 Å². The van der Waals surface area contributed by atoms with Crippen molar-refractivity contribution in [3.05, 3.63) is 52.5 Å². The Morgan fingerprint density at radius 3 is 2.69 bits per heavy atom. The topological polar surface area (TPSA) is 22.1 Å². The smallest absolute Gasteiger partial charge is 0.216 e. The number of benzene rings is 1. The lowest BCUT2D eigenvalue weighted by Gasteiger charge is -2.07. The Labute approximate surface area is 102 Å². The molecule has 2 nitrogen and oxygen atoms in total. The van der Waals surface area contributed by atoms with E-state index in [2.05, 4.69) is 4.98 Å². The summed E-state index contributed by atoms with van der Waals surface area (Å²) < 4.78 is 18.2. The molecule has 0 N–H and O–H groups in total. The van der Waals surface area contributed by atoms with Crippen LogP contribution < -0.4 is 4.74 Å². The minimum absolute atomic E-state index is 0.316. The van der Waals surface area contributed by atoms with Crippen LogP contribution in [0.3, 0.4) is 0 Å². The van der Waals surface area contributed by atoms with Gasteiger partial charge in [-0.25, -0.2) is 4.98 Å². The first-order chi connectivity index (χ1) is 7.65. The van der Waals surface area contributed by atoms with Gasteiger partial charge in [0.2, 0.25) is 5.95 Å². The Bertz CT molecular complexity index is 519. The van der Waals surface area contributed by atoms with Gasteiger partial charge in [0.15, 0.2) is 0 Å². The fraction of sp³-hybridized carbons (Fsp3) is 0. The van der Waals surface area contributed by atoms with Crippen molar-refractivity contribution < 1.29 is 9.13 Å². The Kier molecular flexibility index (Phi) is 3.27. The molecule has 0 atom stereocenters. The minimum atomic E-state index is -0.615. The lowest BCUT2D eigenvalue weighted by Crippen LogP contribution is -1.88. The van der Waals surface area contributed by atoms with E-state index in [4.69, 9.17) is 27.9 Å². The van der Waals surface area contributed by atoms with Crippen molar-refractivity contribution in [1.82, 2.24) is 4.98 Å². The second kappa shape index (κ2) is 4.68. The summed E-state index contributed by atoms with van der Waals surface area (Å²) in [6.07, 6.45) is 1.31. The quantitative estimate of drug-likeness (QED) is 0.748. The standard InChI is InChI=1S/C11H6Cl2FNO/c12-7-1-2-9(13)10(5-7)16-8-3-4-15-11(14)6-8/h1-6H. The molecule has 16 heavy (non-hydrogen) atoms. The molecule has 0 fully saturated rings. The molecule has 0 amide bonds. The van der Waals surface area contributed by atoms with Gasteiger partial charge < -0.3 is 4.74 Å². The molecule has 0 unspecified atom stereocenters. The van der Waals surface area contributed by atoms with Gasteiger partial charge in [0.05, 0.1) is 5.02 Å². The van der Waals surface area contributed by atoms with E-state index in [0.717, 1.165) is 6.07 Å². The van der Waals surface area contributed by atoms with E-state index in [1.807, 2.05) is 0 Å². The van der Waals surface area contributed by atoms with Crippen LogP contribution in [0.1, 0.15) is 0 Å². The predicted molar refractivity (Wildman–Crippen MR) is 60.7 cm³/mol. The second-order valence-corrected chi connectivity index (χ2v) is 3.83. The lowest BCUT2D eigenvalue weighted by molar-refractivity contribution is 0.472. The maximum absolute atomic E-state index is 12.8. The van der Waals surface area contributed by atoms with Crippen molar-refractivity contribution in [2.45, 2.75) is 0 Å². The van der Waals surface area contributed by atoms with Crippen molar-refractivity contribution in [3.63, 3.8) is 0 Å². The average Bonchev–Trinajstić information content (AvgIpc) is 2.24. The van der Waals surface area contributed by atoms with Crippen LogP contribution in [0.4, 0.5) is 4.39 Å². The van der Waals surface area contributed by atoms with Crippen LogP contribution in [0.25, 0.3) is 0 Å². The fourth-order valence-electron chi connectivity index (χ4n) is 1.13. The highest BCUT2D eigenvalue weighted by atomic mass is 35.5. The zero-order chi connectivity index (χ0) is 11.5. The van der Waals surface area contributed by atoms with Gasteiger partial charge in [0.1, 0.15) is 11.5 Å². The zero-order valence-corrected chi connectivity index (χ0v) is 9.47. The second-order valence-electron chi connectivity index (χ2n) is 2.99. The van der Waals surface area contributed by atoms with E-state index in [1.165, 1.54) is 12.3 Å². The van der Waals surface area contributed by atoms with Crippen LogP contribution in [0.2, 0.25) is 10.0 Å². The highest BCUT2D eigenvalue weighted by Gasteiger charge is 2.05. The van der Waals surface area contributed by atoms with E-state index >= 15 is 0 Å². The normalized spacial score (nSPS) is 10.2. The third kappa shape index (κ3) is 2.62. The van der Waals surface area contributed by atoms with Crippen LogP contribution in [-0.4, -0.2) is 4.98 Å². The SMILES string of the molecule is Fc1cc(Oc2cc(Cl)ccc2Cl)ccn1. The van der Waals surface area contributed by atoms with Crippen LogP contribution in [0.15, 0.2) is 36.5 Å². The maximum Gasteiger partial charge on any atom is 0.216 e. The number of hydrogen-bond acceptors (Lipinski definition) is 2. The molecule has 2 rings (SSSR count). The van der Waals surface area contributed by atoms with E-state index in [1.54, 1.807) is 18.2 Å². The van der Waals surface area contributed by atoms with Crippen LogP contribution in [0, 0.1) is 5.95 Å². The van der Waals surface area contributed by atoms with Crippen molar-refractivity contribution in [2.75, 3.05) is 0 Å². The molecule has 1 heterocycles. The van der Waals surface area contributed by atoms with Gasteiger partial charge in [-0.15, -0.1) is 0 Å². The monoisotopic (exact) mass is 257 g/mol. The summed E-state index contributed by atoms with van der Waals surface area (Å²) in [5.41, 5.74) is 0. The molecular weight excluding hydrogens is 252 g/mol. The number of hydrogen-bond donors (Lipinski definition) is 0. The molecule has 0 bridgehead atoms. The summed E-state index contributed by atoms with van der Waals surface area (Å²) in [5.74, 6) is 0.0760. The van der Waals surface area contributed by atoms with Crippen LogP contribution in [-0.2, 0) is 0 Å². The van der Waals surface area contributed by atoms with Gasteiger partial charge in [-0.2, -0.15) is 4.39 Å². The number of nitrogens with zero attached hydrogens (tertiary/aromatic N) is 1. The molecule has 0 saturated heterocycles. The summed E-state index contributed by atoms with van der Waals surface area (Å²) in [5, 5.41) is 0.899. The lowest BCUT2D eigenvalue weighted by atomic mass is 10.3. The first-order valence-corrected chi connectivity index (χ1v) is 5.15. The first kappa shape index (κ1) is 11.2. The summed E-state index contributed by atoms with van der Waals surface area (Å²) in [4.78, 5) is 3.42. The molecule has 82 valence electrons. The number of pyridine rings is 1. The molecule has 1 aromatic heterocycles. The van der Waals surface area contributed by atoms with Gasteiger partial charge in [0, 0.05) is 23.4 Å². The molecule has 0 aliphatic carbocycles. The van der Waals surface area contributed by atoms with Crippen molar-refractivity contribution in [3.8, 4) is 11.5 Å². The number of rotatable bonds is 2. The number of halogens is 3. The summed E-state index contributed by atoms with van der Waals surface area (Å²) in [6.45, 7) is 0. The summed E-state index contributed by atoms with van der Waals surface area (Å²) in [7, 11) is 0. The molecule has 0 spiro atoms. The third-order valence-electron chi connectivity index (χ3n) is 1.82. The largest absolute Gasteiger partial charge is 0.456 e. The minimum Gasteiger partial charge on any atom is -0.456 e. The Morgan fingerprint density at radius 2 is 1.94 bits per heavy atom. The van der Waals surface area contributed by atoms with Gasteiger partial charge in [-0.3, -0.25) is 0 Å². The molecule has 1 aromatic carbocycles. The summed E-state index contributed by atoms with van der Waals surface area (Å²) >= 11 is 11.7. The highest BCUT2D eigenvalue weighted by molar-refractivity contribution is 6.34. The molecule has 0 radical (unpaired) electrons. The van der Waals surface area contributed by atoms with E-state index in [0.29, 0.717) is 21.5 Å². The molecule has 0 aliphatic heterocycles. The number of aromatic nitrogens is 1. The van der Waals surface area contributed by atoms with Crippen molar-refractivity contribution in [1.29, 1.82) is 0 Å². The van der Waals surface area contributed by atoms with Crippen molar-refractivity contribution >= 4 is 23.2 Å². The molecular formula is C11H6Cl2FNO. The van der Waals surface area contributed by atoms with Gasteiger partial charge in [0.25, 0.3) is 0 Å². The Morgan fingerprint density at radius 1 is 1.12 bits per heavy atom. The highest BCUT2D eigenvalue weighted by Crippen LogP contribution is 2.31. The Hall–Kier alpha value is -1.32. The molecule has 2 aromatic rings. The predicted octanol–water partition coefficient (Wildman–Crippen LogP) is 4.32. The van der Waals surface area contributed by atoms with Gasteiger partial charge in [-0.1, -0.05) is 23.2 Å². The zero-order valence-electron chi connectivity index (χ0n) is 7.95. The van der Waals surface area contributed by atoms with Crippen LogP contribution in [0.5, 0.6) is 11.5 Å².